The molecule has 1 atom stereocenters. The largest absolute Gasteiger partial charge is 0.507 e. The molecule has 5 nitrogen and oxygen atoms in total. The van der Waals surface area contributed by atoms with Crippen LogP contribution < -0.4 is 0 Å². The predicted octanol–water partition coefficient (Wildman–Crippen LogP) is 4.15. The lowest BCUT2D eigenvalue weighted by molar-refractivity contribution is -0.140. The molecule has 2 heterocycles. The van der Waals surface area contributed by atoms with E-state index < -0.39 is 23.5 Å². The fourth-order valence-corrected chi connectivity index (χ4v) is 3.59. The van der Waals surface area contributed by atoms with Crippen molar-refractivity contribution in [3.63, 3.8) is 0 Å². The average molecular weight is 402 g/mol. The topological polar surface area (TPSA) is 70.5 Å². The van der Waals surface area contributed by atoms with Crippen molar-refractivity contribution in [3.05, 3.63) is 107 Å². The van der Waals surface area contributed by atoms with E-state index in [9.17, 15) is 19.1 Å². The quantitative estimate of drug-likeness (QED) is 0.404. The third-order valence-electron chi connectivity index (χ3n) is 5.15. The van der Waals surface area contributed by atoms with Gasteiger partial charge in [0.15, 0.2) is 0 Å². The van der Waals surface area contributed by atoms with Crippen molar-refractivity contribution in [2.75, 3.05) is 0 Å². The van der Waals surface area contributed by atoms with Gasteiger partial charge in [0.1, 0.15) is 11.6 Å². The molecular weight excluding hydrogens is 383 g/mol. The van der Waals surface area contributed by atoms with Gasteiger partial charge in [-0.05, 0) is 54.4 Å². The first kappa shape index (κ1) is 19.5. The summed E-state index contributed by atoms with van der Waals surface area (Å²) in [5, 5.41) is 10.9. The van der Waals surface area contributed by atoms with Gasteiger partial charge in [-0.3, -0.25) is 14.6 Å². The Balaban J connectivity index is 1.85. The summed E-state index contributed by atoms with van der Waals surface area (Å²) in [5.74, 6) is -2.24. The van der Waals surface area contributed by atoms with Crippen LogP contribution in [-0.2, 0) is 16.1 Å². The van der Waals surface area contributed by atoms with Gasteiger partial charge in [-0.1, -0.05) is 29.8 Å². The lowest BCUT2D eigenvalue weighted by Gasteiger charge is -2.25. The summed E-state index contributed by atoms with van der Waals surface area (Å²) < 4.78 is 13.3. The number of halogens is 1. The summed E-state index contributed by atoms with van der Waals surface area (Å²) >= 11 is 0. The lowest BCUT2D eigenvalue weighted by Crippen LogP contribution is -2.29. The number of ketones is 1. The summed E-state index contributed by atoms with van der Waals surface area (Å²) in [4.78, 5) is 31.3. The number of carbonyl (C=O) groups is 2. The molecule has 1 aromatic heterocycles. The van der Waals surface area contributed by atoms with Gasteiger partial charge in [0.2, 0.25) is 0 Å². The number of aliphatic hydroxyl groups is 1. The van der Waals surface area contributed by atoms with E-state index in [-0.39, 0.29) is 23.4 Å². The van der Waals surface area contributed by atoms with Gasteiger partial charge in [0.25, 0.3) is 11.7 Å². The van der Waals surface area contributed by atoms with Gasteiger partial charge < -0.3 is 10.0 Å². The number of aromatic nitrogens is 1. The van der Waals surface area contributed by atoms with Gasteiger partial charge in [0, 0.05) is 24.5 Å². The third kappa shape index (κ3) is 3.59. The second-order valence-electron chi connectivity index (χ2n) is 7.20. The molecule has 0 spiro atoms. The molecule has 150 valence electrons. The highest BCUT2D eigenvalue weighted by Gasteiger charge is 2.46. The third-order valence-corrected chi connectivity index (χ3v) is 5.15. The van der Waals surface area contributed by atoms with Crippen molar-refractivity contribution in [2.45, 2.75) is 19.5 Å². The number of likely N-dealkylation sites (tertiary alicyclic amines) is 1. The van der Waals surface area contributed by atoms with Gasteiger partial charge in [-0.2, -0.15) is 0 Å². The number of hydrogen-bond donors (Lipinski definition) is 1. The standard InChI is InChI=1S/C24H19FN2O3/c1-15-2-4-17(5-3-15)21-20(22(28)18-6-8-19(25)9-7-18)23(29)24(30)27(21)14-16-10-12-26-13-11-16/h2-13,21,28H,14H2,1H3/t21-/m0/s1. The van der Waals surface area contributed by atoms with Crippen molar-refractivity contribution in [1.82, 2.24) is 9.88 Å². The van der Waals surface area contributed by atoms with Crippen molar-refractivity contribution in [2.24, 2.45) is 0 Å². The Morgan fingerprint density at radius 1 is 1.00 bits per heavy atom. The van der Waals surface area contributed by atoms with Crippen molar-refractivity contribution < 1.29 is 19.1 Å². The minimum absolute atomic E-state index is 0.00971. The van der Waals surface area contributed by atoms with E-state index in [1.54, 1.807) is 24.5 Å². The average Bonchev–Trinajstić information content (AvgIpc) is 3.00. The number of carbonyl (C=O) groups excluding carboxylic acids is 2. The number of amides is 1. The number of pyridine rings is 1. The second-order valence-corrected chi connectivity index (χ2v) is 7.20. The van der Waals surface area contributed by atoms with E-state index in [4.69, 9.17) is 0 Å². The minimum Gasteiger partial charge on any atom is -0.507 e. The fraction of sp³-hybridized carbons (Fsp3) is 0.125. The first-order valence-electron chi connectivity index (χ1n) is 9.45. The van der Waals surface area contributed by atoms with Gasteiger partial charge >= 0.3 is 0 Å². The highest BCUT2D eigenvalue weighted by molar-refractivity contribution is 6.46. The molecule has 3 aromatic rings. The zero-order chi connectivity index (χ0) is 21.3. The van der Waals surface area contributed by atoms with Crippen LogP contribution in [0.15, 0.2) is 78.6 Å². The summed E-state index contributed by atoms with van der Waals surface area (Å²) in [5.41, 5.74) is 2.81. The predicted molar refractivity (Wildman–Crippen MR) is 110 cm³/mol. The first-order valence-corrected chi connectivity index (χ1v) is 9.45. The van der Waals surface area contributed by atoms with Crippen molar-refractivity contribution >= 4 is 17.4 Å². The molecule has 0 saturated carbocycles. The first-order chi connectivity index (χ1) is 14.5. The van der Waals surface area contributed by atoms with E-state index in [1.165, 1.54) is 29.2 Å². The Hall–Kier alpha value is -3.80. The Kier molecular flexibility index (Phi) is 5.14. The fourth-order valence-electron chi connectivity index (χ4n) is 3.59. The molecule has 30 heavy (non-hydrogen) atoms. The van der Waals surface area contributed by atoms with Crippen LogP contribution in [0.2, 0.25) is 0 Å². The molecule has 1 aliphatic heterocycles. The smallest absolute Gasteiger partial charge is 0.295 e. The normalized spacial score (nSPS) is 18.1. The molecular formula is C24H19FN2O3. The van der Waals surface area contributed by atoms with E-state index in [2.05, 4.69) is 4.98 Å². The van der Waals surface area contributed by atoms with Gasteiger partial charge in [-0.25, -0.2) is 4.39 Å². The van der Waals surface area contributed by atoms with Crippen molar-refractivity contribution in [1.29, 1.82) is 0 Å². The molecule has 2 aromatic carbocycles. The van der Waals surface area contributed by atoms with E-state index in [0.717, 1.165) is 11.1 Å². The second kappa shape index (κ2) is 7.91. The lowest BCUT2D eigenvalue weighted by atomic mass is 9.94. The van der Waals surface area contributed by atoms with Crippen molar-refractivity contribution in [3.8, 4) is 0 Å². The molecule has 1 saturated heterocycles. The van der Waals surface area contributed by atoms with Crippen LogP contribution in [0.25, 0.3) is 5.76 Å². The van der Waals surface area contributed by atoms with Crippen LogP contribution in [0.5, 0.6) is 0 Å². The molecule has 0 radical (unpaired) electrons. The summed E-state index contributed by atoms with van der Waals surface area (Å²) in [6.45, 7) is 2.13. The number of benzene rings is 2. The van der Waals surface area contributed by atoms with Crippen LogP contribution >= 0.6 is 0 Å². The summed E-state index contributed by atoms with van der Waals surface area (Å²) in [6.07, 6.45) is 3.23. The van der Waals surface area contributed by atoms with Crippen LogP contribution in [-0.4, -0.2) is 26.7 Å². The minimum atomic E-state index is -0.767. The highest BCUT2D eigenvalue weighted by atomic mass is 19.1. The van der Waals surface area contributed by atoms with Crippen LogP contribution in [0, 0.1) is 12.7 Å². The summed E-state index contributed by atoms with van der Waals surface area (Å²) in [7, 11) is 0. The maximum absolute atomic E-state index is 13.3. The van der Waals surface area contributed by atoms with Gasteiger partial charge in [-0.15, -0.1) is 0 Å². The van der Waals surface area contributed by atoms with Crippen LogP contribution in [0.4, 0.5) is 4.39 Å². The van der Waals surface area contributed by atoms with Crippen LogP contribution in [0.3, 0.4) is 0 Å². The summed E-state index contributed by atoms with van der Waals surface area (Å²) in [6, 6.07) is 15.4. The van der Waals surface area contributed by atoms with E-state index in [0.29, 0.717) is 5.56 Å². The molecule has 6 heteroatoms. The number of rotatable bonds is 4. The number of Topliss-reactive ketones (excluding diaryl/α,β-unsaturated/α-hetero) is 1. The number of nitrogens with zero attached hydrogens (tertiary/aromatic N) is 2. The highest BCUT2D eigenvalue weighted by Crippen LogP contribution is 2.40. The zero-order valence-corrected chi connectivity index (χ0v) is 16.2. The number of aryl methyl sites for hydroxylation is 1. The molecule has 4 rings (SSSR count). The molecule has 1 aliphatic rings. The van der Waals surface area contributed by atoms with E-state index in [1.807, 2.05) is 31.2 Å². The molecule has 0 aliphatic carbocycles. The number of hydrogen-bond acceptors (Lipinski definition) is 4. The molecule has 0 bridgehead atoms. The van der Waals surface area contributed by atoms with Crippen LogP contribution in [0.1, 0.15) is 28.3 Å². The SMILES string of the molecule is Cc1ccc([C@H]2C(=C(O)c3ccc(F)cc3)C(=O)C(=O)N2Cc2ccncc2)cc1. The Morgan fingerprint density at radius 3 is 2.27 bits per heavy atom. The van der Waals surface area contributed by atoms with Gasteiger partial charge in [0.05, 0.1) is 11.6 Å². The van der Waals surface area contributed by atoms with E-state index >= 15 is 0 Å². The molecule has 0 unspecified atom stereocenters. The monoisotopic (exact) mass is 402 g/mol. The molecule has 1 amide bonds. The Morgan fingerprint density at radius 2 is 1.63 bits per heavy atom. The maximum atomic E-state index is 13.3. The molecule has 1 N–H and O–H groups in total. The number of aliphatic hydroxyl groups excluding tert-OH is 1. The zero-order valence-electron chi connectivity index (χ0n) is 16.2. The Bertz CT molecular complexity index is 1120. The molecule has 1 fully saturated rings. The maximum Gasteiger partial charge on any atom is 0.295 e. The Labute approximate surface area is 173 Å².